The zero-order valence-electron chi connectivity index (χ0n) is 9.51. The number of rotatable bonds is 4. The molecule has 1 heterocycles. The minimum absolute atomic E-state index is 0.00860. The molecule has 0 spiro atoms. The van der Waals surface area contributed by atoms with Crippen molar-refractivity contribution < 1.29 is 14.6 Å². The van der Waals surface area contributed by atoms with E-state index in [-0.39, 0.29) is 5.69 Å². The van der Waals surface area contributed by atoms with Gasteiger partial charge in [0.2, 0.25) is 0 Å². The molecule has 0 amide bonds. The molecule has 94 valence electrons. The predicted molar refractivity (Wildman–Crippen MR) is 70.7 cm³/mol. The summed E-state index contributed by atoms with van der Waals surface area (Å²) in [6, 6.07) is 7.00. The standard InChI is InChI=1S/C12H10ClNO3S/c1-2-17-12-14-9(11(15)16)10(18-12)7-4-3-5-8(13)6-7/h3-6H,2H2,1H3,(H,15,16). The number of aromatic nitrogens is 1. The largest absolute Gasteiger partial charge is 0.476 e. The number of carboxylic acid groups (broad SMARTS) is 1. The third kappa shape index (κ3) is 2.63. The average Bonchev–Trinajstić information content (AvgIpc) is 2.74. The quantitative estimate of drug-likeness (QED) is 0.932. The van der Waals surface area contributed by atoms with Crippen molar-refractivity contribution in [3.8, 4) is 15.6 Å². The van der Waals surface area contributed by atoms with Gasteiger partial charge < -0.3 is 9.84 Å². The molecule has 0 fully saturated rings. The van der Waals surface area contributed by atoms with E-state index in [1.807, 2.05) is 6.92 Å². The van der Waals surface area contributed by atoms with Gasteiger partial charge in [-0.3, -0.25) is 0 Å². The average molecular weight is 284 g/mol. The first-order chi connectivity index (χ1) is 8.61. The lowest BCUT2D eigenvalue weighted by Gasteiger charge is -1.99. The second-order valence-corrected chi connectivity index (χ2v) is 4.80. The molecule has 2 aromatic rings. The van der Waals surface area contributed by atoms with Crippen LogP contribution in [0.2, 0.25) is 5.02 Å². The number of carbonyl (C=O) groups is 1. The molecule has 4 nitrogen and oxygen atoms in total. The number of hydrogen-bond acceptors (Lipinski definition) is 4. The molecule has 1 N–H and O–H groups in total. The van der Waals surface area contributed by atoms with E-state index in [4.69, 9.17) is 21.4 Å². The highest BCUT2D eigenvalue weighted by Gasteiger charge is 2.19. The predicted octanol–water partition coefficient (Wildman–Crippen LogP) is 3.56. The van der Waals surface area contributed by atoms with E-state index < -0.39 is 5.97 Å². The van der Waals surface area contributed by atoms with E-state index in [1.54, 1.807) is 24.3 Å². The number of hydrogen-bond donors (Lipinski definition) is 1. The van der Waals surface area contributed by atoms with Gasteiger partial charge in [-0.25, -0.2) is 4.79 Å². The Labute approximate surface area is 113 Å². The lowest BCUT2D eigenvalue weighted by atomic mass is 10.1. The smallest absolute Gasteiger partial charge is 0.356 e. The molecule has 0 aliphatic rings. The number of carboxylic acids is 1. The molecule has 0 saturated heterocycles. The molecule has 0 unspecified atom stereocenters. The summed E-state index contributed by atoms with van der Waals surface area (Å²) in [5.74, 6) is -1.08. The fourth-order valence-corrected chi connectivity index (χ4v) is 2.61. The summed E-state index contributed by atoms with van der Waals surface area (Å²) in [4.78, 5) is 15.7. The topological polar surface area (TPSA) is 59.4 Å². The SMILES string of the molecule is CCOc1nc(C(=O)O)c(-c2cccc(Cl)c2)s1. The number of halogens is 1. The molecule has 1 aromatic heterocycles. The Kier molecular flexibility index (Phi) is 3.84. The van der Waals surface area contributed by atoms with Gasteiger partial charge in [-0.05, 0) is 24.6 Å². The molecule has 18 heavy (non-hydrogen) atoms. The van der Waals surface area contributed by atoms with Gasteiger partial charge >= 0.3 is 5.97 Å². The van der Waals surface area contributed by atoms with Crippen molar-refractivity contribution in [3.63, 3.8) is 0 Å². The Balaban J connectivity index is 2.51. The molecule has 6 heteroatoms. The lowest BCUT2D eigenvalue weighted by molar-refractivity contribution is 0.0691. The van der Waals surface area contributed by atoms with Crippen LogP contribution in [0.15, 0.2) is 24.3 Å². The van der Waals surface area contributed by atoms with Crippen LogP contribution < -0.4 is 4.74 Å². The highest BCUT2D eigenvalue weighted by Crippen LogP contribution is 2.35. The summed E-state index contributed by atoms with van der Waals surface area (Å²) in [6.45, 7) is 2.27. The van der Waals surface area contributed by atoms with Gasteiger partial charge in [0, 0.05) is 5.02 Å². The first kappa shape index (κ1) is 12.9. The summed E-state index contributed by atoms with van der Waals surface area (Å²) < 4.78 is 5.24. The summed E-state index contributed by atoms with van der Waals surface area (Å²) in [5.41, 5.74) is 0.717. The monoisotopic (exact) mass is 283 g/mol. The Morgan fingerprint density at radius 3 is 2.94 bits per heavy atom. The summed E-state index contributed by atoms with van der Waals surface area (Å²) in [7, 11) is 0. The summed E-state index contributed by atoms with van der Waals surface area (Å²) in [5, 5.41) is 10.0. The van der Waals surface area contributed by atoms with Gasteiger partial charge in [0.05, 0.1) is 11.5 Å². The summed E-state index contributed by atoms with van der Waals surface area (Å²) >= 11 is 7.10. The Hall–Kier alpha value is -1.59. The zero-order chi connectivity index (χ0) is 13.1. The molecule has 0 bridgehead atoms. The van der Waals surface area contributed by atoms with Crippen molar-refractivity contribution in [1.29, 1.82) is 0 Å². The Morgan fingerprint density at radius 1 is 1.56 bits per heavy atom. The fraction of sp³-hybridized carbons (Fsp3) is 0.167. The zero-order valence-corrected chi connectivity index (χ0v) is 11.1. The van der Waals surface area contributed by atoms with Gasteiger partial charge in [-0.2, -0.15) is 4.98 Å². The van der Waals surface area contributed by atoms with Crippen LogP contribution >= 0.6 is 22.9 Å². The normalized spacial score (nSPS) is 10.3. The maximum Gasteiger partial charge on any atom is 0.356 e. The summed E-state index contributed by atoms with van der Waals surface area (Å²) in [6.07, 6.45) is 0. The Bertz CT molecular complexity index is 582. The maximum atomic E-state index is 11.2. The number of benzene rings is 1. The molecular formula is C12H10ClNO3S. The number of thiazole rings is 1. The number of aromatic carboxylic acids is 1. The molecule has 1 aromatic carbocycles. The minimum atomic E-state index is -1.08. The third-order valence-corrected chi connectivity index (χ3v) is 3.42. The molecule has 0 atom stereocenters. The van der Waals surface area contributed by atoms with Crippen molar-refractivity contribution in [2.75, 3.05) is 6.61 Å². The van der Waals surface area contributed by atoms with E-state index >= 15 is 0 Å². The highest BCUT2D eigenvalue weighted by molar-refractivity contribution is 7.17. The van der Waals surface area contributed by atoms with E-state index in [9.17, 15) is 4.79 Å². The highest BCUT2D eigenvalue weighted by atomic mass is 35.5. The van der Waals surface area contributed by atoms with Crippen molar-refractivity contribution >= 4 is 28.9 Å². The molecule has 0 radical (unpaired) electrons. The number of nitrogens with zero attached hydrogens (tertiary/aromatic N) is 1. The van der Waals surface area contributed by atoms with E-state index in [2.05, 4.69) is 4.98 Å². The second-order valence-electron chi connectivity index (χ2n) is 3.41. The van der Waals surface area contributed by atoms with Crippen LogP contribution in [0.5, 0.6) is 5.19 Å². The van der Waals surface area contributed by atoms with Crippen LogP contribution in [-0.2, 0) is 0 Å². The molecular weight excluding hydrogens is 274 g/mol. The first-order valence-corrected chi connectivity index (χ1v) is 6.44. The molecule has 0 aliphatic heterocycles. The van der Waals surface area contributed by atoms with Crippen LogP contribution in [0.25, 0.3) is 10.4 Å². The second kappa shape index (κ2) is 5.37. The molecule has 0 aliphatic carbocycles. The van der Waals surface area contributed by atoms with Crippen molar-refractivity contribution in [2.24, 2.45) is 0 Å². The maximum absolute atomic E-state index is 11.2. The number of ether oxygens (including phenoxy) is 1. The van der Waals surface area contributed by atoms with Crippen LogP contribution in [-0.4, -0.2) is 22.7 Å². The lowest BCUT2D eigenvalue weighted by Crippen LogP contribution is -1.99. The van der Waals surface area contributed by atoms with E-state index in [0.29, 0.717) is 21.7 Å². The van der Waals surface area contributed by atoms with Gasteiger partial charge in [0.25, 0.3) is 5.19 Å². The van der Waals surface area contributed by atoms with Crippen LogP contribution in [0, 0.1) is 0 Å². The van der Waals surface area contributed by atoms with Crippen LogP contribution in [0.3, 0.4) is 0 Å². The van der Waals surface area contributed by atoms with Crippen molar-refractivity contribution in [3.05, 3.63) is 35.0 Å². The van der Waals surface area contributed by atoms with Gasteiger partial charge in [0.15, 0.2) is 5.69 Å². The third-order valence-electron chi connectivity index (χ3n) is 2.16. The Morgan fingerprint density at radius 2 is 2.33 bits per heavy atom. The first-order valence-electron chi connectivity index (χ1n) is 5.24. The van der Waals surface area contributed by atoms with Gasteiger partial charge in [-0.15, -0.1) is 0 Å². The van der Waals surface area contributed by atoms with Crippen molar-refractivity contribution in [2.45, 2.75) is 6.92 Å². The van der Waals surface area contributed by atoms with E-state index in [0.717, 1.165) is 5.56 Å². The van der Waals surface area contributed by atoms with Gasteiger partial charge in [-0.1, -0.05) is 35.1 Å². The molecule has 0 saturated carbocycles. The minimum Gasteiger partial charge on any atom is -0.476 e. The van der Waals surface area contributed by atoms with E-state index in [1.165, 1.54) is 11.3 Å². The van der Waals surface area contributed by atoms with Crippen LogP contribution in [0.4, 0.5) is 0 Å². The molecule has 2 rings (SSSR count). The van der Waals surface area contributed by atoms with Crippen molar-refractivity contribution in [1.82, 2.24) is 4.98 Å². The van der Waals surface area contributed by atoms with Crippen LogP contribution in [0.1, 0.15) is 17.4 Å². The van der Waals surface area contributed by atoms with Gasteiger partial charge in [0.1, 0.15) is 0 Å². The fourth-order valence-electron chi connectivity index (χ4n) is 1.46.